The zero-order valence-electron chi connectivity index (χ0n) is 10.2. The van der Waals surface area contributed by atoms with Gasteiger partial charge in [-0.1, -0.05) is 18.2 Å². The van der Waals surface area contributed by atoms with E-state index >= 15 is 0 Å². The molecule has 0 saturated carbocycles. The van der Waals surface area contributed by atoms with Crippen molar-refractivity contribution >= 4 is 11.6 Å². The van der Waals surface area contributed by atoms with Crippen molar-refractivity contribution in [3.8, 4) is 0 Å². The maximum Gasteiger partial charge on any atom is 0.236 e. The zero-order chi connectivity index (χ0) is 12.3. The maximum atomic E-state index is 11.8. The number of carbonyl (C=O) groups is 1. The van der Waals surface area contributed by atoms with Gasteiger partial charge in [-0.05, 0) is 18.1 Å². The lowest BCUT2D eigenvalue weighted by Gasteiger charge is -2.20. The Balaban J connectivity index is 2.04. The monoisotopic (exact) mass is 233 g/mol. The maximum absolute atomic E-state index is 11.8. The van der Waals surface area contributed by atoms with Crippen LogP contribution in [0.5, 0.6) is 0 Å². The first-order chi connectivity index (χ1) is 8.16. The summed E-state index contributed by atoms with van der Waals surface area (Å²) < 4.78 is 0. The molecular weight excluding hydrogens is 214 g/mol. The average molecular weight is 233 g/mol. The van der Waals surface area contributed by atoms with E-state index in [2.05, 4.69) is 4.90 Å². The van der Waals surface area contributed by atoms with Crippen molar-refractivity contribution in [1.82, 2.24) is 9.80 Å². The SMILES string of the molecule is CN1CCCN(Cc2ccccc2N)CC1=O. The smallest absolute Gasteiger partial charge is 0.236 e. The molecule has 1 heterocycles. The van der Waals surface area contributed by atoms with Crippen LogP contribution in [-0.4, -0.2) is 42.4 Å². The van der Waals surface area contributed by atoms with Gasteiger partial charge in [0, 0.05) is 32.4 Å². The normalized spacial score (nSPS) is 18.2. The number of likely N-dealkylation sites (N-methyl/N-ethyl adjacent to an activating group) is 1. The van der Waals surface area contributed by atoms with E-state index in [1.54, 1.807) is 4.90 Å². The summed E-state index contributed by atoms with van der Waals surface area (Å²) in [5.74, 6) is 0.192. The average Bonchev–Trinajstić information content (AvgIpc) is 2.45. The summed E-state index contributed by atoms with van der Waals surface area (Å²) in [5, 5.41) is 0. The van der Waals surface area contributed by atoms with E-state index in [0.29, 0.717) is 6.54 Å². The number of nitrogens with zero attached hydrogens (tertiary/aromatic N) is 2. The molecule has 1 aromatic carbocycles. The van der Waals surface area contributed by atoms with Crippen molar-refractivity contribution < 1.29 is 4.79 Å². The van der Waals surface area contributed by atoms with Crippen LogP contribution in [0, 0.1) is 0 Å². The van der Waals surface area contributed by atoms with Gasteiger partial charge in [-0.3, -0.25) is 9.69 Å². The van der Waals surface area contributed by atoms with Crippen molar-refractivity contribution in [2.24, 2.45) is 0 Å². The molecule has 0 spiro atoms. The van der Waals surface area contributed by atoms with Gasteiger partial charge in [0.15, 0.2) is 0 Å². The number of nitrogens with two attached hydrogens (primary N) is 1. The second-order valence-corrected chi connectivity index (χ2v) is 4.58. The molecule has 0 radical (unpaired) electrons. The van der Waals surface area contributed by atoms with Gasteiger partial charge in [0.2, 0.25) is 5.91 Å². The number of nitrogen functional groups attached to an aromatic ring is 1. The largest absolute Gasteiger partial charge is 0.398 e. The molecule has 2 rings (SSSR count). The molecule has 4 nitrogen and oxygen atoms in total. The molecule has 0 aromatic heterocycles. The Kier molecular flexibility index (Phi) is 3.64. The van der Waals surface area contributed by atoms with E-state index in [4.69, 9.17) is 5.73 Å². The highest BCUT2D eigenvalue weighted by Gasteiger charge is 2.19. The lowest BCUT2D eigenvalue weighted by Crippen LogP contribution is -2.34. The van der Waals surface area contributed by atoms with Crippen molar-refractivity contribution in [2.45, 2.75) is 13.0 Å². The van der Waals surface area contributed by atoms with Crippen LogP contribution >= 0.6 is 0 Å². The molecule has 17 heavy (non-hydrogen) atoms. The summed E-state index contributed by atoms with van der Waals surface area (Å²) in [6, 6.07) is 7.84. The van der Waals surface area contributed by atoms with Gasteiger partial charge in [0.05, 0.1) is 6.54 Å². The molecule has 0 aliphatic carbocycles. The standard InChI is InChI=1S/C13H19N3O/c1-15-7-4-8-16(10-13(15)17)9-11-5-2-3-6-12(11)14/h2-3,5-6H,4,7-10,14H2,1H3. The highest BCUT2D eigenvalue weighted by molar-refractivity contribution is 5.78. The fraction of sp³-hybridized carbons (Fsp3) is 0.462. The van der Waals surface area contributed by atoms with Crippen LogP contribution in [0.1, 0.15) is 12.0 Å². The summed E-state index contributed by atoms with van der Waals surface area (Å²) in [4.78, 5) is 15.7. The number of anilines is 1. The third kappa shape index (κ3) is 2.97. The van der Waals surface area contributed by atoms with Crippen LogP contribution in [0.15, 0.2) is 24.3 Å². The van der Waals surface area contributed by atoms with E-state index in [1.807, 2.05) is 31.3 Å². The van der Waals surface area contributed by atoms with E-state index in [9.17, 15) is 4.79 Å². The van der Waals surface area contributed by atoms with Crippen molar-refractivity contribution in [3.63, 3.8) is 0 Å². The topological polar surface area (TPSA) is 49.6 Å². The zero-order valence-corrected chi connectivity index (χ0v) is 10.2. The molecule has 1 fully saturated rings. The van der Waals surface area contributed by atoms with Crippen LogP contribution in [0.25, 0.3) is 0 Å². The first-order valence-electron chi connectivity index (χ1n) is 5.96. The van der Waals surface area contributed by atoms with Crippen LogP contribution in [0.2, 0.25) is 0 Å². The van der Waals surface area contributed by atoms with Gasteiger partial charge >= 0.3 is 0 Å². The fourth-order valence-corrected chi connectivity index (χ4v) is 2.10. The van der Waals surface area contributed by atoms with Crippen molar-refractivity contribution in [1.29, 1.82) is 0 Å². The van der Waals surface area contributed by atoms with Crippen LogP contribution in [0.3, 0.4) is 0 Å². The number of para-hydroxylation sites is 1. The van der Waals surface area contributed by atoms with Crippen molar-refractivity contribution in [2.75, 3.05) is 32.4 Å². The minimum atomic E-state index is 0.192. The molecule has 4 heteroatoms. The van der Waals surface area contributed by atoms with E-state index < -0.39 is 0 Å². The van der Waals surface area contributed by atoms with Gasteiger partial charge in [0.1, 0.15) is 0 Å². The molecular formula is C13H19N3O. The number of amides is 1. The molecule has 1 aromatic rings. The molecule has 2 N–H and O–H groups in total. The summed E-state index contributed by atoms with van der Waals surface area (Å²) >= 11 is 0. The number of rotatable bonds is 2. The molecule has 0 unspecified atom stereocenters. The quantitative estimate of drug-likeness (QED) is 0.773. The molecule has 0 atom stereocenters. The lowest BCUT2D eigenvalue weighted by atomic mass is 10.1. The molecule has 1 amide bonds. The summed E-state index contributed by atoms with van der Waals surface area (Å²) in [7, 11) is 1.86. The summed E-state index contributed by atoms with van der Waals surface area (Å²) in [5.41, 5.74) is 7.82. The third-order valence-electron chi connectivity index (χ3n) is 3.20. The lowest BCUT2D eigenvalue weighted by molar-refractivity contribution is -0.129. The predicted molar refractivity (Wildman–Crippen MR) is 68.4 cm³/mol. The Morgan fingerprint density at radius 2 is 2.06 bits per heavy atom. The molecule has 1 aliphatic heterocycles. The van der Waals surface area contributed by atoms with Gasteiger partial charge in [-0.25, -0.2) is 0 Å². The van der Waals surface area contributed by atoms with Crippen LogP contribution < -0.4 is 5.73 Å². The van der Waals surface area contributed by atoms with Gasteiger partial charge in [0.25, 0.3) is 0 Å². The minimum absolute atomic E-state index is 0.192. The minimum Gasteiger partial charge on any atom is -0.398 e. The summed E-state index contributed by atoms with van der Waals surface area (Å²) in [6.07, 6.45) is 1.02. The van der Waals surface area contributed by atoms with Gasteiger partial charge in [-0.15, -0.1) is 0 Å². The fourth-order valence-electron chi connectivity index (χ4n) is 2.10. The second kappa shape index (κ2) is 5.19. The Morgan fingerprint density at radius 1 is 1.29 bits per heavy atom. The second-order valence-electron chi connectivity index (χ2n) is 4.58. The van der Waals surface area contributed by atoms with E-state index in [-0.39, 0.29) is 5.91 Å². The molecule has 1 saturated heterocycles. The van der Waals surface area contributed by atoms with Gasteiger partial charge < -0.3 is 10.6 Å². The van der Waals surface area contributed by atoms with Crippen LogP contribution in [0.4, 0.5) is 5.69 Å². The number of hydrogen-bond acceptors (Lipinski definition) is 3. The molecule has 1 aliphatic rings. The predicted octanol–water partition coefficient (Wildman–Crippen LogP) is 0.933. The first kappa shape index (κ1) is 11.9. The molecule has 0 bridgehead atoms. The van der Waals surface area contributed by atoms with E-state index in [1.165, 1.54) is 0 Å². The number of carbonyl (C=O) groups excluding carboxylic acids is 1. The Morgan fingerprint density at radius 3 is 2.82 bits per heavy atom. The highest BCUT2D eigenvalue weighted by Crippen LogP contribution is 2.14. The van der Waals surface area contributed by atoms with Gasteiger partial charge in [-0.2, -0.15) is 0 Å². The Bertz CT molecular complexity index is 405. The Hall–Kier alpha value is -1.55. The highest BCUT2D eigenvalue weighted by atomic mass is 16.2. The Labute approximate surface area is 102 Å². The number of benzene rings is 1. The van der Waals surface area contributed by atoms with E-state index in [0.717, 1.165) is 37.3 Å². The third-order valence-corrected chi connectivity index (χ3v) is 3.20. The summed E-state index contributed by atoms with van der Waals surface area (Å²) in [6.45, 7) is 3.04. The molecule has 92 valence electrons. The van der Waals surface area contributed by atoms with Crippen LogP contribution in [-0.2, 0) is 11.3 Å². The first-order valence-corrected chi connectivity index (χ1v) is 5.96. The number of hydrogen-bond donors (Lipinski definition) is 1. The van der Waals surface area contributed by atoms with Crippen molar-refractivity contribution in [3.05, 3.63) is 29.8 Å².